The van der Waals surface area contributed by atoms with Crippen molar-refractivity contribution in [1.29, 1.82) is 0 Å². The van der Waals surface area contributed by atoms with E-state index in [-0.39, 0.29) is 0 Å². The minimum atomic E-state index is 0.936. The number of pyridine rings is 1. The van der Waals surface area contributed by atoms with Gasteiger partial charge in [-0.3, -0.25) is 5.10 Å². The Bertz CT molecular complexity index is 901. The highest BCUT2D eigenvalue weighted by molar-refractivity contribution is 5.95. The van der Waals surface area contributed by atoms with Crippen LogP contribution in [0.4, 0.5) is 0 Å². The second-order valence-electron chi connectivity index (χ2n) is 4.91. The standard InChI is InChI=1S/C16H14N4/c1-2-10-8-17-16-13(10)7-11(9-18-16)15-12-5-3-4-6-14(12)19-20-15/h3-9H,2H2,1H3,(H,17,18)(H,19,20). The van der Waals surface area contributed by atoms with Gasteiger partial charge in [0.15, 0.2) is 0 Å². The number of nitrogens with one attached hydrogen (secondary N) is 2. The Balaban J connectivity index is 1.97. The number of nitrogens with zero attached hydrogens (tertiary/aromatic N) is 2. The molecule has 0 unspecified atom stereocenters. The minimum Gasteiger partial charge on any atom is -0.346 e. The maximum Gasteiger partial charge on any atom is 0.137 e. The molecule has 0 atom stereocenters. The molecule has 0 amide bonds. The summed E-state index contributed by atoms with van der Waals surface area (Å²) in [5.74, 6) is 0. The smallest absolute Gasteiger partial charge is 0.137 e. The third kappa shape index (κ3) is 1.54. The van der Waals surface area contributed by atoms with E-state index < -0.39 is 0 Å². The molecule has 3 aromatic heterocycles. The summed E-state index contributed by atoms with van der Waals surface area (Å²) in [5, 5.41) is 9.81. The van der Waals surface area contributed by atoms with Gasteiger partial charge in [0.25, 0.3) is 0 Å². The van der Waals surface area contributed by atoms with Crippen molar-refractivity contribution in [2.24, 2.45) is 0 Å². The van der Waals surface area contributed by atoms with Crippen LogP contribution in [0, 0.1) is 0 Å². The lowest BCUT2D eigenvalue weighted by atomic mass is 10.1. The first-order valence-corrected chi connectivity index (χ1v) is 6.76. The van der Waals surface area contributed by atoms with E-state index in [1.807, 2.05) is 30.6 Å². The zero-order valence-electron chi connectivity index (χ0n) is 11.1. The normalized spacial score (nSPS) is 11.4. The summed E-state index contributed by atoms with van der Waals surface area (Å²) in [6.07, 6.45) is 4.90. The number of H-pyrrole nitrogens is 2. The van der Waals surface area contributed by atoms with E-state index in [1.54, 1.807) is 0 Å². The van der Waals surface area contributed by atoms with Gasteiger partial charge in [-0.1, -0.05) is 25.1 Å². The maximum absolute atomic E-state index is 4.50. The Morgan fingerprint density at radius 3 is 2.95 bits per heavy atom. The lowest BCUT2D eigenvalue weighted by Crippen LogP contribution is -1.84. The minimum absolute atomic E-state index is 0.936. The first-order chi connectivity index (χ1) is 9.86. The van der Waals surface area contributed by atoms with Crippen LogP contribution in [0.25, 0.3) is 33.2 Å². The van der Waals surface area contributed by atoms with Gasteiger partial charge < -0.3 is 4.98 Å². The number of hydrogen-bond donors (Lipinski definition) is 2. The third-order valence-corrected chi connectivity index (χ3v) is 3.74. The van der Waals surface area contributed by atoms with Gasteiger partial charge in [0.1, 0.15) is 11.3 Å². The van der Waals surface area contributed by atoms with Gasteiger partial charge >= 0.3 is 0 Å². The van der Waals surface area contributed by atoms with Gasteiger partial charge in [-0.25, -0.2) is 4.98 Å². The predicted molar refractivity (Wildman–Crippen MR) is 80.6 cm³/mol. The molecule has 0 bridgehead atoms. The number of aryl methyl sites for hydroxylation is 1. The van der Waals surface area contributed by atoms with E-state index in [4.69, 9.17) is 0 Å². The molecule has 0 aliphatic carbocycles. The quantitative estimate of drug-likeness (QED) is 0.579. The number of fused-ring (bicyclic) bond motifs is 2. The summed E-state index contributed by atoms with van der Waals surface area (Å²) in [6, 6.07) is 10.3. The number of aromatic amines is 2. The molecule has 0 saturated heterocycles. The highest BCUT2D eigenvalue weighted by Crippen LogP contribution is 2.28. The number of hydrogen-bond acceptors (Lipinski definition) is 2. The molecule has 0 fully saturated rings. The Kier molecular flexibility index (Phi) is 2.36. The second kappa shape index (κ2) is 4.20. The third-order valence-electron chi connectivity index (χ3n) is 3.74. The van der Waals surface area contributed by atoms with Gasteiger partial charge in [-0.05, 0) is 24.1 Å². The van der Waals surface area contributed by atoms with Crippen molar-refractivity contribution < 1.29 is 0 Å². The molecule has 0 aliphatic rings. The molecular weight excluding hydrogens is 248 g/mol. The summed E-state index contributed by atoms with van der Waals surface area (Å²) in [4.78, 5) is 7.71. The lowest BCUT2D eigenvalue weighted by Gasteiger charge is -1.99. The fraction of sp³-hybridized carbons (Fsp3) is 0.125. The van der Waals surface area contributed by atoms with Crippen molar-refractivity contribution >= 4 is 21.9 Å². The van der Waals surface area contributed by atoms with E-state index in [9.17, 15) is 0 Å². The van der Waals surface area contributed by atoms with Crippen LogP contribution in [0.15, 0.2) is 42.7 Å². The highest BCUT2D eigenvalue weighted by Gasteiger charge is 2.10. The number of benzene rings is 1. The van der Waals surface area contributed by atoms with Crippen molar-refractivity contribution in [3.8, 4) is 11.3 Å². The largest absolute Gasteiger partial charge is 0.346 e. The maximum atomic E-state index is 4.50. The average molecular weight is 262 g/mol. The zero-order valence-corrected chi connectivity index (χ0v) is 11.1. The number of para-hydroxylation sites is 1. The summed E-state index contributed by atoms with van der Waals surface area (Å²) in [5.41, 5.74) is 5.27. The first kappa shape index (κ1) is 11.2. The van der Waals surface area contributed by atoms with Crippen molar-refractivity contribution in [1.82, 2.24) is 20.2 Å². The fourth-order valence-corrected chi connectivity index (χ4v) is 2.66. The molecule has 98 valence electrons. The van der Waals surface area contributed by atoms with Crippen molar-refractivity contribution in [3.05, 3.63) is 48.3 Å². The second-order valence-corrected chi connectivity index (χ2v) is 4.91. The molecule has 20 heavy (non-hydrogen) atoms. The van der Waals surface area contributed by atoms with Crippen molar-refractivity contribution in [3.63, 3.8) is 0 Å². The monoisotopic (exact) mass is 262 g/mol. The molecule has 4 heteroatoms. The SMILES string of the molecule is CCc1c[nH]c2ncc(-c3n[nH]c4ccccc34)cc12. The molecule has 4 nitrogen and oxygen atoms in total. The first-order valence-electron chi connectivity index (χ1n) is 6.76. The van der Waals surface area contributed by atoms with E-state index >= 15 is 0 Å². The van der Waals surface area contributed by atoms with Crippen molar-refractivity contribution in [2.45, 2.75) is 13.3 Å². The van der Waals surface area contributed by atoms with E-state index in [0.29, 0.717) is 0 Å². The van der Waals surface area contributed by atoms with Gasteiger partial charge in [0, 0.05) is 28.7 Å². The Labute approximate surface area is 115 Å². The van der Waals surface area contributed by atoms with Crippen LogP contribution in [-0.4, -0.2) is 20.2 Å². The van der Waals surface area contributed by atoms with E-state index in [1.165, 1.54) is 10.9 Å². The van der Waals surface area contributed by atoms with Crippen LogP contribution < -0.4 is 0 Å². The topological polar surface area (TPSA) is 57.4 Å². The molecule has 0 aliphatic heterocycles. The molecule has 2 N–H and O–H groups in total. The van der Waals surface area contributed by atoms with Crippen LogP contribution in [0.1, 0.15) is 12.5 Å². The molecule has 3 heterocycles. The summed E-state index contributed by atoms with van der Waals surface area (Å²) in [7, 11) is 0. The fourth-order valence-electron chi connectivity index (χ4n) is 2.66. The summed E-state index contributed by atoms with van der Waals surface area (Å²) < 4.78 is 0. The molecule has 4 aromatic rings. The van der Waals surface area contributed by atoms with Gasteiger partial charge in [0.2, 0.25) is 0 Å². The van der Waals surface area contributed by atoms with Crippen molar-refractivity contribution in [2.75, 3.05) is 0 Å². The molecule has 0 spiro atoms. The molecule has 4 rings (SSSR count). The Morgan fingerprint density at radius 1 is 1.15 bits per heavy atom. The van der Waals surface area contributed by atoms with Crippen LogP contribution in [0.3, 0.4) is 0 Å². The highest BCUT2D eigenvalue weighted by atomic mass is 15.1. The van der Waals surface area contributed by atoms with Crippen LogP contribution in [0.2, 0.25) is 0 Å². The molecule has 0 saturated carbocycles. The van der Waals surface area contributed by atoms with Gasteiger partial charge in [-0.2, -0.15) is 5.10 Å². The molecule has 1 aromatic carbocycles. The number of rotatable bonds is 2. The lowest BCUT2D eigenvalue weighted by molar-refractivity contribution is 1.12. The molecular formula is C16H14N4. The Hall–Kier alpha value is -2.62. The van der Waals surface area contributed by atoms with Crippen LogP contribution in [-0.2, 0) is 6.42 Å². The van der Waals surface area contributed by atoms with E-state index in [2.05, 4.69) is 39.2 Å². The summed E-state index contributed by atoms with van der Waals surface area (Å²) >= 11 is 0. The summed E-state index contributed by atoms with van der Waals surface area (Å²) in [6.45, 7) is 2.15. The number of aromatic nitrogens is 4. The van der Waals surface area contributed by atoms with Gasteiger partial charge in [0.05, 0.1) is 5.52 Å². The average Bonchev–Trinajstić information content (AvgIpc) is 3.10. The van der Waals surface area contributed by atoms with Gasteiger partial charge in [-0.15, -0.1) is 0 Å². The zero-order chi connectivity index (χ0) is 13.5. The van der Waals surface area contributed by atoms with Crippen LogP contribution in [0.5, 0.6) is 0 Å². The predicted octanol–water partition coefficient (Wildman–Crippen LogP) is 3.67. The van der Waals surface area contributed by atoms with E-state index in [0.717, 1.165) is 34.2 Å². The van der Waals surface area contributed by atoms with Crippen LogP contribution >= 0.6 is 0 Å². The molecule has 0 radical (unpaired) electrons. The Morgan fingerprint density at radius 2 is 2.05 bits per heavy atom.